The van der Waals surface area contributed by atoms with Crippen LogP contribution in [0.15, 0.2) is 58.3 Å². The summed E-state index contributed by atoms with van der Waals surface area (Å²) in [5, 5.41) is 3.17. The summed E-state index contributed by atoms with van der Waals surface area (Å²) < 4.78 is 10.2. The molecule has 7 heteroatoms. The molecule has 148 valence electrons. The number of carbonyl (C=O) groups is 2. The van der Waals surface area contributed by atoms with Crippen molar-refractivity contribution in [1.29, 1.82) is 0 Å². The lowest BCUT2D eigenvalue weighted by Gasteiger charge is -2.08. The highest BCUT2D eigenvalue weighted by atomic mass is 35.5. The van der Waals surface area contributed by atoms with Crippen LogP contribution in [-0.2, 0) is 14.3 Å². The standard InChI is InChI=1S/C21H22ClNO4S/c1-3-27-21(25)12-13-23-20(24)11-9-15-8-10-16(14-17(15)22)28-19-7-5-4-6-18(19)26-2/h4-11,14H,3,12-13H2,1-2H3,(H,23,24)/b11-9+. The van der Waals surface area contributed by atoms with Gasteiger partial charge in [0.15, 0.2) is 0 Å². The molecule has 0 heterocycles. The number of esters is 1. The maximum atomic E-state index is 11.8. The van der Waals surface area contributed by atoms with E-state index in [9.17, 15) is 9.59 Å². The van der Waals surface area contributed by atoms with Gasteiger partial charge in [0, 0.05) is 22.5 Å². The molecule has 0 bridgehead atoms. The first kappa shape index (κ1) is 21.9. The minimum atomic E-state index is -0.335. The molecule has 0 saturated heterocycles. The Bertz CT molecular complexity index is 854. The Balaban J connectivity index is 1.93. The smallest absolute Gasteiger partial charge is 0.307 e. The third-order valence-electron chi connectivity index (χ3n) is 3.62. The highest BCUT2D eigenvalue weighted by Crippen LogP contribution is 2.36. The van der Waals surface area contributed by atoms with Gasteiger partial charge in [0.2, 0.25) is 5.91 Å². The molecule has 0 aliphatic rings. The molecule has 28 heavy (non-hydrogen) atoms. The first-order valence-corrected chi connectivity index (χ1v) is 9.95. The zero-order valence-electron chi connectivity index (χ0n) is 15.7. The van der Waals surface area contributed by atoms with Crippen molar-refractivity contribution in [2.45, 2.75) is 23.1 Å². The molecule has 2 rings (SSSR count). The van der Waals surface area contributed by atoms with Crippen molar-refractivity contribution in [3.05, 3.63) is 59.1 Å². The number of hydrogen-bond donors (Lipinski definition) is 1. The molecule has 0 saturated carbocycles. The number of benzene rings is 2. The van der Waals surface area contributed by atoms with Crippen LogP contribution in [0.5, 0.6) is 5.75 Å². The zero-order chi connectivity index (χ0) is 20.4. The molecule has 0 atom stereocenters. The second-order valence-electron chi connectivity index (χ2n) is 5.62. The fourth-order valence-electron chi connectivity index (χ4n) is 2.28. The van der Waals surface area contributed by atoms with E-state index in [4.69, 9.17) is 21.1 Å². The third-order valence-corrected chi connectivity index (χ3v) is 4.99. The van der Waals surface area contributed by atoms with Crippen LogP contribution < -0.4 is 10.1 Å². The van der Waals surface area contributed by atoms with Crippen LogP contribution in [0.3, 0.4) is 0 Å². The lowest BCUT2D eigenvalue weighted by Crippen LogP contribution is -2.24. The topological polar surface area (TPSA) is 64.6 Å². The van der Waals surface area contributed by atoms with Crippen LogP contribution in [0.2, 0.25) is 5.02 Å². The Hall–Kier alpha value is -2.44. The summed E-state index contributed by atoms with van der Waals surface area (Å²) >= 11 is 7.89. The predicted octanol–water partition coefficient (Wildman–Crippen LogP) is 4.58. The maximum absolute atomic E-state index is 11.8. The summed E-state index contributed by atoms with van der Waals surface area (Å²) in [6, 6.07) is 13.4. The first-order valence-electron chi connectivity index (χ1n) is 8.75. The van der Waals surface area contributed by atoms with Crippen molar-refractivity contribution in [3.8, 4) is 5.75 Å². The van der Waals surface area contributed by atoms with E-state index in [1.165, 1.54) is 6.08 Å². The van der Waals surface area contributed by atoms with Crippen molar-refractivity contribution in [1.82, 2.24) is 5.32 Å². The zero-order valence-corrected chi connectivity index (χ0v) is 17.3. The molecule has 2 aromatic rings. The van der Waals surface area contributed by atoms with Crippen molar-refractivity contribution in [3.63, 3.8) is 0 Å². The van der Waals surface area contributed by atoms with Gasteiger partial charge in [0.1, 0.15) is 5.75 Å². The summed E-state index contributed by atoms with van der Waals surface area (Å²) in [6.07, 6.45) is 3.17. The van der Waals surface area contributed by atoms with E-state index in [0.29, 0.717) is 11.6 Å². The number of rotatable bonds is 9. The molecular weight excluding hydrogens is 398 g/mol. The number of hydrogen-bond acceptors (Lipinski definition) is 5. The lowest BCUT2D eigenvalue weighted by molar-refractivity contribution is -0.142. The van der Waals surface area contributed by atoms with E-state index in [-0.39, 0.29) is 24.8 Å². The number of ether oxygens (including phenoxy) is 2. The van der Waals surface area contributed by atoms with Crippen molar-refractivity contribution < 1.29 is 19.1 Å². The fourth-order valence-corrected chi connectivity index (χ4v) is 3.56. The van der Waals surface area contributed by atoms with Gasteiger partial charge in [-0.05, 0) is 42.8 Å². The van der Waals surface area contributed by atoms with Crippen molar-refractivity contribution in [2.75, 3.05) is 20.3 Å². The molecule has 0 aliphatic heterocycles. The van der Waals surface area contributed by atoms with Crippen LogP contribution in [0.1, 0.15) is 18.9 Å². The van der Waals surface area contributed by atoms with Crippen molar-refractivity contribution >= 4 is 41.3 Å². The maximum Gasteiger partial charge on any atom is 0.307 e. The quantitative estimate of drug-likeness (QED) is 0.476. The van der Waals surface area contributed by atoms with E-state index in [0.717, 1.165) is 21.1 Å². The van der Waals surface area contributed by atoms with E-state index in [1.54, 1.807) is 31.9 Å². The van der Waals surface area contributed by atoms with Gasteiger partial charge in [-0.3, -0.25) is 9.59 Å². The second-order valence-corrected chi connectivity index (χ2v) is 7.14. The average molecular weight is 420 g/mol. The van der Waals surface area contributed by atoms with Gasteiger partial charge in [-0.15, -0.1) is 0 Å². The molecule has 1 N–H and O–H groups in total. The Morgan fingerprint density at radius 2 is 2.00 bits per heavy atom. The number of carbonyl (C=O) groups excluding carboxylic acids is 2. The van der Waals surface area contributed by atoms with Gasteiger partial charge in [-0.1, -0.05) is 41.6 Å². The summed E-state index contributed by atoms with van der Waals surface area (Å²) in [6.45, 7) is 2.30. The molecular formula is C21H22ClNO4S. The summed E-state index contributed by atoms with van der Waals surface area (Å²) in [7, 11) is 1.64. The van der Waals surface area contributed by atoms with Gasteiger partial charge in [-0.2, -0.15) is 0 Å². The molecule has 1 amide bonds. The second kappa shape index (κ2) is 11.4. The van der Waals surface area contributed by atoms with Gasteiger partial charge < -0.3 is 14.8 Å². The van der Waals surface area contributed by atoms with Crippen LogP contribution in [0.4, 0.5) is 0 Å². The molecule has 0 radical (unpaired) electrons. The summed E-state index contributed by atoms with van der Waals surface area (Å²) in [5.74, 6) is 0.165. The summed E-state index contributed by atoms with van der Waals surface area (Å²) in [5.41, 5.74) is 0.728. The summed E-state index contributed by atoms with van der Waals surface area (Å²) in [4.78, 5) is 25.0. The largest absolute Gasteiger partial charge is 0.496 e. The first-order chi connectivity index (χ1) is 13.5. The normalized spacial score (nSPS) is 10.7. The third kappa shape index (κ3) is 6.94. The lowest BCUT2D eigenvalue weighted by atomic mass is 10.2. The van der Waals surface area contributed by atoms with E-state index in [1.807, 2.05) is 42.5 Å². The highest BCUT2D eigenvalue weighted by Gasteiger charge is 2.07. The van der Waals surface area contributed by atoms with Gasteiger partial charge in [0.05, 0.1) is 25.0 Å². The fraction of sp³-hybridized carbons (Fsp3) is 0.238. The minimum absolute atomic E-state index is 0.142. The van der Waals surface area contributed by atoms with Crippen LogP contribution in [0.25, 0.3) is 6.08 Å². The number of methoxy groups -OCH3 is 1. The molecule has 0 spiro atoms. The monoisotopic (exact) mass is 419 g/mol. The average Bonchev–Trinajstić information content (AvgIpc) is 2.68. The Morgan fingerprint density at radius 1 is 1.21 bits per heavy atom. The number of amides is 1. The van der Waals surface area contributed by atoms with Gasteiger partial charge >= 0.3 is 5.97 Å². The molecule has 2 aromatic carbocycles. The molecule has 0 unspecified atom stereocenters. The minimum Gasteiger partial charge on any atom is -0.496 e. The number of para-hydroxylation sites is 1. The molecule has 0 fully saturated rings. The van der Waals surface area contributed by atoms with Crippen LogP contribution >= 0.6 is 23.4 Å². The van der Waals surface area contributed by atoms with Crippen molar-refractivity contribution in [2.24, 2.45) is 0 Å². The SMILES string of the molecule is CCOC(=O)CCNC(=O)/C=C/c1ccc(Sc2ccccc2OC)cc1Cl. The highest BCUT2D eigenvalue weighted by molar-refractivity contribution is 7.99. The molecule has 0 aromatic heterocycles. The van der Waals surface area contributed by atoms with E-state index in [2.05, 4.69) is 5.32 Å². The predicted molar refractivity (Wildman–Crippen MR) is 112 cm³/mol. The Kier molecular flexibility index (Phi) is 8.91. The van der Waals surface area contributed by atoms with E-state index < -0.39 is 0 Å². The van der Waals surface area contributed by atoms with Crippen LogP contribution in [0, 0.1) is 0 Å². The molecule has 5 nitrogen and oxygen atoms in total. The number of halogens is 1. The molecule has 0 aliphatic carbocycles. The Labute approximate surface area is 174 Å². The Morgan fingerprint density at radius 3 is 2.71 bits per heavy atom. The van der Waals surface area contributed by atoms with Gasteiger partial charge in [0.25, 0.3) is 0 Å². The van der Waals surface area contributed by atoms with E-state index >= 15 is 0 Å². The van der Waals surface area contributed by atoms with Crippen LogP contribution in [-0.4, -0.2) is 32.1 Å². The number of nitrogens with one attached hydrogen (secondary N) is 1. The van der Waals surface area contributed by atoms with Gasteiger partial charge in [-0.25, -0.2) is 0 Å².